The maximum absolute atomic E-state index is 13.8. The van der Waals surface area contributed by atoms with E-state index in [1.54, 1.807) is 13.1 Å². The number of aromatic nitrogens is 4. The maximum Gasteiger partial charge on any atom is 0.332 e. The van der Waals surface area contributed by atoms with E-state index in [9.17, 15) is 23.6 Å². The summed E-state index contributed by atoms with van der Waals surface area (Å²) in [6.07, 6.45) is 0.0272. The van der Waals surface area contributed by atoms with Gasteiger partial charge in [-0.05, 0) is 30.7 Å². The van der Waals surface area contributed by atoms with E-state index < -0.39 is 23.1 Å². The minimum atomic E-state index is -0.632. The van der Waals surface area contributed by atoms with E-state index >= 15 is 0 Å². The number of halogens is 1. The predicted molar refractivity (Wildman–Crippen MR) is 152 cm³/mol. The number of carbonyl (C=O) groups is 2. The molecule has 2 aromatic carbocycles. The topological polar surface area (TPSA) is 106 Å². The zero-order chi connectivity index (χ0) is 29.0. The number of imidazole rings is 1. The molecule has 0 N–H and O–H groups in total. The normalized spacial score (nSPS) is 18.2. The Kier molecular flexibility index (Phi) is 6.57. The molecule has 0 aliphatic carbocycles. The third kappa shape index (κ3) is 4.53. The number of anilines is 2. The molecule has 0 radical (unpaired) electrons. The predicted octanol–water partition coefficient (Wildman–Crippen LogP) is 1.38. The second kappa shape index (κ2) is 10.1. The number of nitrogens with zero attached hydrogens (tertiary/aromatic N) is 7. The van der Waals surface area contributed by atoms with Crippen molar-refractivity contribution in [2.45, 2.75) is 25.9 Å². The molecular formula is C29H30FN7O4. The van der Waals surface area contributed by atoms with E-state index in [2.05, 4.69) is 0 Å². The van der Waals surface area contributed by atoms with Gasteiger partial charge in [-0.1, -0.05) is 35.9 Å². The van der Waals surface area contributed by atoms with E-state index in [0.29, 0.717) is 49.8 Å². The molecule has 41 heavy (non-hydrogen) atoms. The van der Waals surface area contributed by atoms with Gasteiger partial charge in [-0.15, -0.1) is 0 Å². The van der Waals surface area contributed by atoms with Crippen molar-refractivity contribution in [2.24, 2.45) is 14.1 Å². The van der Waals surface area contributed by atoms with Crippen LogP contribution in [0.1, 0.15) is 17.5 Å². The number of imide groups is 1. The van der Waals surface area contributed by atoms with Gasteiger partial charge in [-0.3, -0.25) is 33.0 Å². The molecule has 0 saturated carbocycles. The third-order valence-electron chi connectivity index (χ3n) is 8.02. The van der Waals surface area contributed by atoms with Gasteiger partial charge < -0.3 is 4.90 Å². The molecule has 2 aliphatic rings. The SMILES string of the molecule is Cc1ccc(Cn2c(N3CCN(C4CC(=O)N(c5cccc(F)c5)C4=O)CC3)nc3c2c(=O)n(C)c(=O)n3C)cc1. The minimum absolute atomic E-state index is 0.0272. The van der Waals surface area contributed by atoms with Crippen molar-refractivity contribution in [1.82, 2.24) is 23.6 Å². The van der Waals surface area contributed by atoms with E-state index in [1.165, 1.54) is 29.8 Å². The fraction of sp³-hybridized carbons (Fsp3) is 0.345. The number of piperazine rings is 1. The molecule has 6 rings (SSSR count). The highest BCUT2D eigenvalue weighted by atomic mass is 19.1. The maximum atomic E-state index is 13.8. The van der Waals surface area contributed by atoms with Crippen LogP contribution in [0.2, 0.25) is 0 Å². The monoisotopic (exact) mass is 559 g/mol. The van der Waals surface area contributed by atoms with Gasteiger partial charge in [0.1, 0.15) is 5.82 Å². The van der Waals surface area contributed by atoms with Crippen LogP contribution in [0.4, 0.5) is 16.0 Å². The Labute approximate surface area is 234 Å². The molecule has 2 aromatic heterocycles. The summed E-state index contributed by atoms with van der Waals surface area (Å²) >= 11 is 0. The molecule has 212 valence electrons. The van der Waals surface area contributed by atoms with Crippen molar-refractivity contribution < 1.29 is 14.0 Å². The van der Waals surface area contributed by atoms with Gasteiger partial charge >= 0.3 is 5.69 Å². The highest BCUT2D eigenvalue weighted by Gasteiger charge is 2.43. The average molecular weight is 560 g/mol. The summed E-state index contributed by atoms with van der Waals surface area (Å²) in [7, 11) is 3.06. The Balaban J connectivity index is 1.29. The van der Waals surface area contributed by atoms with Crippen LogP contribution in [0.25, 0.3) is 11.2 Å². The van der Waals surface area contributed by atoms with Crippen LogP contribution in [-0.2, 0) is 30.2 Å². The summed E-state index contributed by atoms with van der Waals surface area (Å²) in [5, 5.41) is 0. The third-order valence-corrected chi connectivity index (χ3v) is 8.02. The summed E-state index contributed by atoms with van der Waals surface area (Å²) in [6, 6.07) is 12.9. The molecule has 0 bridgehead atoms. The Morgan fingerprint density at radius 3 is 2.32 bits per heavy atom. The largest absolute Gasteiger partial charge is 0.340 e. The van der Waals surface area contributed by atoms with Crippen LogP contribution in [0.3, 0.4) is 0 Å². The van der Waals surface area contributed by atoms with Crippen molar-refractivity contribution >= 4 is 34.6 Å². The zero-order valence-corrected chi connectivity index (χ0v) is 23.1. The molecule has 0 spiro atoms. The smallest absolute Gasteiger partial charge is 0.332 e. The van der Waals surface area contributed by atoms with E-state index in [1.807, 2.05) is 45.6 Å². The zero-order valence-electron chi connectivity index (χ0n) is 23.1. The molecule has 2 amide bonds. The summed E-state index contributed by atoms with van der Waals surface area (Å²) in [5.74, 6) is -0.668. The first-order chi connectivity index (χ1) is 19.6. The first kappa shape index (κ1) is 26.6. The Morgan fingerprint density at radius 2 is 1.63 bits per heavy atom. The number of benzene rings is 2. The van der Waals surface area contributed by atoms with Crippen molar-refractivity contribution in [2.75, 3.05) is 36.0 Å². The van der Waals surface area contributed by atoms with Crippen molar-refractivity contribution in [3.63, 3.8) is 0 Å². The lowest BCUT2D eigenvalue weighted by Crippen LogP contribution is -2.53. The summed E-state index contributed by atoms with van der Waals surface area (Å²) < 4.78 is 18.1. The van der Waals surface area contributed by atoms with Crippen molar-refractivity contribution in [3.05, 3.63) is 86.3 Å². The Bertz CT molecular complexity index is 1800. The van der Waals surface area contributed by atoms with Crippen LogP contribution >= 0.6 is 0 Å². The van der Waals surface area contributed by atoms with Gasteiger partial charge in [0.25, 0.3) is 11.5 Å². The highest BCUT2D eigenvalue weighted by Crippen LogP contribution is 2.28. The second-order valence-electron chi connectivity index (χ2n) is 10.7. The number of rotatable bonds is 5. The lowest BCUT2D eigenvalue weighted by Gasteiger charge is -2.37. The van der Waals surface area contributed by atoms with Gasteiger partial charge in [0.15, 0.2) is 11.2 Å². The molecule has 2 saturated heterocycles. The lowest BCUT2D eigenvalue weighted by atomic mass is 10.1. The van der Waals surface area contributed by atoms with Gasteiger partial charge in [0.2, 0.25) is 11.9 Å². The Hall–Kier alpha value is -4.58. The van der Waals surface area contributed by atoms with Crippen molar-refractivity contribution in [3.8, 4) is 0 Å². The van der Waals surface area contributed by atoms with Crippen LogP contribution in [0.15, 0.2) is 58.1 Å². The summed E-state index contributed by atoms with van der Waals surface area (Å²) in [4.78, 5) is 61.8. The molecule has 1 atom stereocenters. The number of carbonyl (C=O) groups excluding carboxylic acids is 2. The van der Waals surface area contributed by atoms with Gasteiger partial charge in [-0.2, -0.15) is 4.98 Å². The Morgan fingerprint density at radius 1 is 0.927 bits per heavy atom. The summed E-state index contributed by atoms with van der Waals surface area (Å²) in [5.41, 5.74) is 2.12. The van der Waals surface area contributed by atoms with E-state index in [4.69, 9.17) is 4.98 Å². The fourth-order valence-corrected chi connectivity index (χ4v) is 5.72. The molecule has 4 heterocycles. The minimum Gasteiger partial charge on any atom is -0.340 e. The molecular weight excluding hydrogens is 529 g/mol. The molecule has 12 heteroatoms. The molecule has 2 aliphatic heterocycles. The lowest BCUT2D eigenvalue weighted by molar-refractivity contribution is -0.123. The number of hydrogen-bond donors (Lipinski definition) is 0. The first-order valence-corrected chi connectivity index (χ1v) is 13.5. The van der Waals surface area contributed by atoms with Gasteiger partial charge in [0.05, 0.1) is 24.7 Å². The number of fused-ring (bicyclic) bond motifs is 1. The summed E-state index contributed by atoms with van der Waals surface area (Å²) in [6.45, 7) is 4.33. The quantitative estimate of drug-likeness (QED) is 0.340. The van der Waals surface area contributed by atoms with Gasteiger partial charge in [0, 0.05) is 40.3 Å². The molecule has 1 unspecified atom stereocenters. The number of aryl methyl sites for hydroxylation is 2. The number of amides is 2. The van der Waals surface area contributed by atoms with E-state index in [0.717, 1.165) is 20.6 Å². The van der Waals surface area contributed by atoms with E-state index in [-0.39, 0.29) is 23.9 Å². The molecule has 4 aromatic rings. The number of hydrogen-bond acceptors (Lipinski definition) is 7. The van der Waals surface area contributed by atoms with Gasteiger partial charge in [-0.25, -0.2) is 14.1 Å². The first-order valence-electron chi connectivity index (χ1n) is 13.5. The van der Waals surface area contributed by atoms with Crippen molar-refractivity contribution in [1.29, 1.82) is 0 Å². The fourth-order valence-electron chi connectivity index (χ4n) is 5.72. The average Bonchev–Trinajstić information content (AvgIpc) is 3.48. The highest BCUT2D eigenvalue weighted by molar-refractivity contribution is 6.22. The van der Waals surface area contributed by atoms with Crippen LogP contribution in [-0.4, -0.2) is 67.6 Å². The van der Waals surface area contributed by atoms with Crippen LogP contribution in [0, 0.1) is 12.7 Å². The molecule has 2 fully saturated rings. The standard InChI is InChI=1S/C29H30FN7O4/c1-18-7-9-19(10-8-18)17-36-24-25(32(2)29(41)33(3)27(24)40)31-28(36)35-13-11-34(12-14-35)22-16-23(38)37(26(22)39)21-6-4-5-20(30)15-21/h4-10,15,22H,11-14,16-17H2,1-3H3. The van der Waals surface area contributed by atoms with Crippen LogP contribution in [0.5, 0.6) is 0 Å². The second-order valence-corrected chi connectivity index (χ2v) is 10.7. The van der Waals surface area contributed by atoms with Crippen LogP contribution < -0.4 is 21.0 Å². The molecule has 11 nitrogen and oxygen atoms in total.